The Balaban J connectivity index is 1.44. The van der Waals surface area contributed by atoms with Crippen LogP contribution in [0.25, 0.3) is 6.08 Å². The Morgan fingerprint density at radius 2 is 1.76 bits per heavy atom. The molecule has 0 N–H and O–H groups in total. The van der Waals surface area contributed by atoms with Gasteiger partial charge in [-0.05, 0) is 85.1 Å². The monoisotopic (exact) mass is 628 g/mol. The molecule has 0 unspecified atom stereocenters. The minimum absolute atomic E-state index is 0.258. The number of morpholine rings is 1. The number of ether oxygens (including phenoxy) is 2. The second-order valence-electron chi connectivity index (χ2n) is 7.49. The molecule has 178 valence electrons. The van der Waals surface area contributed by atoms with E-state index in [-0.39, 0.29) is 17.4 Å². The van der Waals surface area contributed by atoms with Gasteiger partial charge in [0.25, 0.3) is 11.1 Å². The summed E-state index contributed by atoms with van der Waals surface area (Å²) in [5, 5.41) is 0.198. The molecule has 2 aliphatic rings. The van der Waals surface area contributed by atoms with E-state index in [1.165, 1.54) is 0 Å². The molecule has 11 heteroatoms. The Hall–Kier alpha value is -1.85. The molecule has 2 saturated heterocycles. The molecule has 0 radical (unpaired) electrons. The Kier molecular flexibility index (Phi) is 8.36. The largest absolute Gasteiger partial charge is 0.487 e. The van der Waals surface area contributed by atoms with Gasteiger partial charge in [-0.1, -0.05) is 23.7 Å². The standard InChI is InChI=1S/C23H19Br2ClN2O5S/c24-17-9-15(10-18(25)21(17)33-13-14-1-3-16(26)4-2-14)11-19-22(30)28(23(31)34-19)12-20(29)27-5-7-32-8-6-27/h1-4,9-11H,5-8,12-13H2/b19-11-. The first-order chi connectivity index (χ1) is 16.3. The maximum Gasteiger partial charge on any atom is 0.294 e. The van der Waals surface area contributed by atoms with Crippen molar-refractivity contribution in [2.45, 2.75) is 6.61 Å². The molecule has 4 rings (SSSR count). The van der Waals surface area contributed by atoms with Crippen molar-refractivity contribution in [1.82, 2.24) is 9.80 Å². The van der Waals surface area contributed by atoms with Crippen LogP contribution in [0.4, 0.5) is 4.79 Å². The van der Waals surface area contributed by atoms with Gasteiger partial charge in [0, 0.05) is 18.1 Å². The van der Waals surface area contributed by atoms with Crippen molar-refractivity contribution in [2.24, 2.45) is 0 Å². The van der Waals surface area contributed by atoms with Crippen LogP contribution in [0.15, 0.2) is 50.2 Å². The molecular weight excluding hydrogens is 612 g/mol. The van der Waals surface area contributed by atoms with Gasteiger partial charge in [0.05, 0.1) is 27.1 Å². The summed E-state index contributed by atoms with van der Waals surface area (Å²) in [5.74, 6) is -0.136. The number of benzene rings is 2. The Bertz CT molecular complexity index is 1130. The predicted octanol–water partition coefficient (Wildman–Crippen LogP) is 5.34. The summed E-state index contributed by atoms with van der Waals surface area (Å²) < 4.78 is 12.5. The molecule has 0 bridgehead atoms. The fourth-order valence-electron chi connectivity index (χ4n) is 3.37. The van der Waals surface area contributed by atoms with E-state index >= 15 is 0 Å². The normalized spacial score (nSPS) is 17.6. The summed E-state index contributed by atoms with van der Waals surface area (Å²) in [4.78, 5) is 40.6. The van der Waals surface area contributed by atoms with Gasteiger partial charge in [-0.15, -0.1) is 0 Å². The lowest BCUT2D eigenvalue weighted by atomic mass is 10.2. The lowest BCUT2D eigenvalue weighted by Gasteiger charge is -2.28. The molecule has 7 nitrogen and oxygen atoms in total. The Morgan fingerprint density at radius 3 is 2.41 bits per heavy atom. The summed E-state index contributed by atoms with van der Waals surface area (Å²) >= 11 is 13.8. The number of carbonyl (C=O) groups is 3. The number of hydrogen-bond donors (Lipinski definition) is 0. The van der Waals surface area contributed by atoms with Gasteiger partial charge in [0.2, 0.25) is 5.91 Å². The molecule has 3 amide bonds. The smallest absolute Gasteiger partial charge is 0.294 e. The van der Waals surface area contributed by atoms with Crippen LogP contribution in [0, 0.1) is 0 Å². The molecule has 0 saturated carbocycles. The van der Waals surface area contributed by atoms with Crippen LogP contribution in [-0.2, 0) is 20.9 Å². The number of amides is 3. The number of nitrogens with zero attached hydrogens (tertiary/aromatic N) is 2. The van der Waals surface area contributed by atoms with Crippen LogP contribution in [0.3, 0.4) is 0 Å². The van der Waals surface area contributed by atoms with Crippen molar-refractivity contribution >= 4 is 78.4 Å². The molecule has 34 heavy (non-hydrogen) atoms. The van der Waals surface area contributed by atoms with Crippen LogP contribution >= 0.6 is 55.2 Å². The average molecular weight is 631 g/mol. The summed E-state index contributed by atoms with van der Waals surface area (Å²) in [7, 11) is 0. The number of halogens is 3. The highest BCUT2D eigenvalue weighted by atomic mass is 79.9. The van der Waals surface area contributed by atoms with Gasteiger partial charge >= 0.3 is 0 Å². The van der Waals surface area contributed by atoms with Crippen molar-refractivity contribution < 1.29 is 23.9 Å². The number of hydrogen-bond acceptors (Lipinski definition) is 6. The van der Waals surface area contributed by atoms with E-state index in [0.29, 0.717) is 58.2 Å². The molecule has 0 aliphatic carbocycles. The zero-order valence-corrected chi connectivity index (χ0v) is 22.5. The van der Waals surface area contributed by atoms with Gasteiger partial charge in [-0.2, -0.15) is 0 Å². The van der Waals surface area contributed by atoms with Gasteiger partial charge in [-0.3, -0.25) is 19.3 Å². The fraction of sp³-hybridized carbons (Fsp3) is 0.261. The Morgan fingerprint density at radius 1 is 1.12 bits per heavy atom. The summed E-state index contributed by atoms with van der Waals surface area (Å²) in [6.07, 6.45) is 1.63. The van der Waals surface area contributed by atoms with Crippen LogP contribution in [-0.4, -0.2) is 59.7 Å². The molecule has 0 spiro atoms. The van der Waals surface area contributed by atoms with Crippen LogP contribution in [0.2, 0.25) is 5.02 Å². The second-order valence-corrected chi connectivity index (χ2v) is 10.6. The molecule has 0 atom stereocenters. The minimum Gasteiger partial charge on any atom is -0.487 e. The van der Waals surface area contributed by atoms with Crippen molar-refractivity contribution in [3.63, 3.8) is 0 Å². The minimum atomic E-state index is -0.480. The summed E-state index contributed by atoms with van der Waals surface area (Å²) in [6.45, 7) is 1.91. The van der Waals surface area contributed by atoms with E-state index in [1.807, 2.05) is 12.1 Å². The molecule has 2 fully saturated rings. The van der Waals surface area contributed by atoms with E-state index in [9.17, 15) is 14.4 Å². The van der Waals surface area contributed by atoms with Gasteiger partial charge in [0.1, 0.15) is 18.9 Å². The summed E-state index contributed by atoms with van der Waals surface area (Å²) in [6, 6.07) is 11.0. The highest BCUT2D eigenvalue weighted by Crippen LogP contribution is 2.38. The zero-order chi connectivity index (χ0) is 24.2. The molecule has 2 heterocycles. The van der Waals surface area contributed by atoms with Gasteiger partial charge < -0.3 is 14.4 Å². The van der Waals surface area contributed by atoms with Crippen LogP contribution in [0.1, 0.15) is 11.1 Å². The average Bonchev–Trinajstić information content (AvgIpc) is 3.07. The lowest BCUT2D eigenvalue weighted by Crippen LogP contribution is -2.46. The number of rotatable bonds is 6. The first-order valence-corrected chi connectivity index (χ1v) is 13.1. The molecule has 2 aromatic carbocycles. The van der Waals surface area contributed by atoms with Crippen molar-refractivity contribution in [3.05, 3.63) is 66.4 Å². The SMILES string of the molecule is O=C(CN1C(=O)S/C(=C\c2cc(Br)c(OCc3ccc(Cl)cc3)c(Br)c2)C1=O)N1CCOCC1. The van der Waals surface area contributed by atoms with E-state index in [0.717, 1.165) is 22.2 Å². The molecule has 2 aromatic rings. The van der Waals surface area contributed by atoms with Crippen LogP contribution < -0.4 is 4.74 Å². The first kappa shape index (κ1) is 25.2. The molecule has 0 aromatic heterocycles. The highest BCUT2D eigenvalue weighted by Gasteiger charge is 2.37. The number of imide groups is 1. The maximum atomic E-state index is 12.8. The van der Waals surface area contributed by atoms with Crippen molar-refractivity contribution in [1.29, 1.82) is 0 Å². The molecular formula is C23H19Br2ClN2O5S. The van der Waals surface area contributed by atoms with Crippen LogP contribution in [0.5, 0.6) is 5.75 Å². The quantitative estimate of drug-likeness (QED) is 0.402. The topological polar surface area (TPSA) is 76.2 Å². The summed E-state index contributed by atoms with van der Waals surface area (Å²) in [5.41, 5.74) is 1.66. The van der Waals surface area contributed by atoms with Crippen molar-refractivity contribution in [2.75, 3.05) is 32.8 Å². The third-order valence-electron chi connectivity index (χ3n) is 5.15. The van der Waals surface area contributed by atoms with E-state index in [1.54, 1.807) is 35.2 Å². The predicted molar refractivity (Wildman–Crippen MR) is 138 cm³/mol. The number of thioether (sulfide) groups is 1. The zero-order valence-electron chi connectivity index (χ0n) is 17.8. The highest BCUT2D eigenvalue weighted by molar-refractivity contribution is 9.11. The van der Waals surface area contributed by atoms with Gasteiger partial charge in [0.15, 0.2) is 0 Å². The van der Waals surface area contributed by atoms with E-state index in [2.05, 4.69) is 31.9 Å². The molecule has 2 aliphatic heterocycles. The lowest BCUT2D eigenvalue weighted by molar-refractivity contribution is -0.139. The maximum absolute atomic E-state index is 12.8. The Labute approximate surface area is 222 Å². The van der Waals surface area contributed by atoms with Gasteiger partial charge in [-0.25, -0.2) is 0 Å². The third-order valence-corrected chi connectivity index (χ3v) is 7.48. The number of carbonyl (C=O) groups excluding carboxylic acids is 3. The van der Waals surface area contributed by atoms with E-state index < -0.39 is 11.1 Å². The third kappa shape index (κ3) is 6.04. The van der Waals surface area contributed by atoms with Crippen molar-refractivity contribution in [3.8, 4) is 5.75 Å². The second kappa shape index (κ2) is 11.3. The first-order valence-electron chi connectivity index (χ1n) is 10.3. The van der Waals surface area contributed by atoms with E-state index in [4.69, 9.17) is 21.1 Å². The fourth-order valence-corrected chi connectivity index (χ4v) is 5.79.